The van der Waals surface area contributed by atoms with Crippen molar-refractivity contribution in [3.05, 3.63) is 0 Å². The molecule has 2 fully saturated rings. The fourth-order valence-corrected chi connectivity index (χ4v) is 12.9. The standard InChI is InChI=1S/C27H49BrN2O5SSi/c1-4-7-10-13-16-37(17-14-11-8-5-2,18-15-12-9-6-3)35-26(33)27(19-28)20-30-24(32)23(29-22-31)25(30)36(34)21-27/h22-23,25H,4-21H2,1-3H3,(H,29,31)/t23?,25-,27?,36?/m1/s1. The molecule has 4 atom stereocenters. The summed E-state index contributed by atoms with van der Waals surface area (Å²) in [6.07, 6.45) is 14.3. The smallest absolute Gasteiger partial charge is 0.302 e. The molecule has 214 valence electrons. The summed E-state index contributed by atoms with van der Waals surface area (Å²) in [7, 11) is -3.83. The molecule has 0 aromatic rings. The minimum absolute atomic E-state index is 0.147. The second kappa shape index (κ2) is 16.4. The molecule has 0 aliphatic carbocycles. The van der Waals surface area contributed by atoms with Crippen molar-refractivity contribution in [1.82, 2.24) is 10.2 Å². The normalized spacial score (nSPS) is 25.4. The van der Waals surface area contributed by atoms with Gasteiger partial charge in [0.25, 0.3) is 8.32 Å². The molecular formula is C27H49BrN2O5SSi. The summed E-state index contributed by atoms with van der Waals surface area (Å²) < 4.78 is 19.9. The van der Waals surface area contributed by atoms with E-state index in [2.05, 4.69) is 42.0 Å². The molecule has 0 spiro atoms. The summed E-state index contributed by atoms with van der Waals surface area (Å²) in [5, 5.41) is 2.23. The molecule has 10 heteroatoms. The van der Waals surface area contributed by atoms with Gasteiger partial charge in [-0.25, -0.2) is 0 Å². The zero-order valence-corrected chi connectivity index (χ0v) is 26.6. The number of nitrogens with one attached hydrogen (secondary N) is 1. The Morgan fingerprint density at radius 2 is 1.54 bits per heavy atom. The summed E-state index contributed by atoms with van der Waals surface area (Å²) in [4.78, 5) is 39.1. The second-order valence-electron chi connectivity index (χ2n) is 11.1. The Hall–Kier alpha value is -0.743. The van der Waals surface area contributed by atoms with E-state index in [1.54, 1.807) is 0 Å². The molecule has 37 heavy (non-hydrogen) atoms. The number of alkyl halides is 1. The summed E-state index contributed by atoms with van der Waals surface area (Å²) in [5.74, 6) is -0.399. The largest absolute Gasteiger partial charge is 0.519 e. The van der Waals surface area contributed by atoms with E-state index in [4.69, 9.17) is 4.43 Å². The highest BCUT2D eigenvalue weighted by atomic mass is 79.9. The van der Waals surface area contributed by atoms with Crippen molar-refractivity contribution in [1.29, 1.82) is 0 Å². The van der Waals surface area contributed by atoms with Crippen LogP contribution in [0, 0.1) is 5.41 Å². The highest BCUT2D eigenvalue weighted by molar-refractivity contribution is 9.09. The van der Waals surface area contributed by atoms with Crippen LogP contribution in [-0.4, -0.2) is 64.8 Å². The lowest BCUT2D eigenvalue weighted by Crippen LogP contribution is -2.76. The summed E-state index contributed by atoms with van der Waals surface area (Å²) in [6.45, 7) is 6.82. The first-order valence-corrected chi connectivity index (χ1v) is 19.5. The number of unbranched alkanes of at least 4 members (excludes halogenated alkanes) is 9. The summed E-state index contributed by atoms with van der Waals surface area (Å²) >= 11 is 3.53. The molecule has 2 rings (SSSR count). The topological polar surface area (TPSA) is 92.8 Å². The van der Waals surface area contributed by atoms with Gasteiger partial charge in [-0.3, -0.25) is 18.6 Å². The number of hydrogen-bond acceptors (Lipinski definition) is 5. The maximum Gasteiger partial charge on any atom is 0.302 e. The van der Waals surface area contributed by atoms with E-state index in [-0.39, 0.29) is 24.2 Å². The van der Waals surface area contributed by atoms with Crippen molar-refractivity contribution in [2.45, 2.75) is 127 Å². The molecule has 0 bridgehead atoms. The third-order valence-electron chi connectivity index (χ3n) is 8.01. The third kappa shape index (κ3) is 8.62. The van der Waals surface area contributed by atoms with Crippen LogP contribution in [0.25, 0.3) is 0 Å². The first kappa shape index (κ1) is 32.5. The van der Waals surface area contributed by atoms with Crippen LogP contribution >= 0.6 is 15.9 Å². The van der Waals surface area contributed by atoms with Crippen LogP contribution in [0.5, 0.6) is 0 Å². The molecule has 0 aromatic carbocycles. The van der Waals surface area contributed by atoms with Crippen molar-refractivity contribution in [3.63, 3.8) is 0 Å². The van der Waals surface area contributed by atoms with Crippen molar-refractivity contribution in [2.75, 3.05) is 17.6 Å². The molecule has 2 aliphatic rings. The van der Waals surface area contributed by atoms with Crippen LogP contribution in [0.15, 0.2) is 0 Å². The lowest BCUT2D eigenvalue weighted by atomic mass is 9.89. The van der Waals surface area contributed by atoms with E-state index in [0.717, 1.165) is 56.7 Å². The summed E-state index contributed by atoms with van der Waals surface area (Å²) in [5.41, 5.74) is -1.02. The Bertz CT molecular complexity index is 742. The average Bonchev–Trinajstić information content (AvgIpc) is 2.89. The SMILES string of the molecule is CCCCCC[Si](CCCCCC)(CCCCCC)OC(=O)C1(CBr)CN2C(=O)C(NC=O)[C@H]2S(=O)C1. The van der Waals surface area contributed by atoms with E-state index < -0.39 is 35.9 Å². The van der Waals surface area contributed by atoms with Crippen LogP contribution in [0.2, 0.25) is 18.1 Å². The molecule has 3 unspecified atom stereocenters. The van der Waals surface area contributed by atoms with E-state index >= 15 is 0 Å². The van der Waals surface area contributed by atoms with Gasteiger partial charge in [0.15, 0.2) is 0 Å². The molecule has 0 saturated carbocycles. The highest BCUT2D eigenvalue weighted by Gasteiger charge is 2.60. The zero-order chi connectivity index (χ0) is 27.3. The van der Waals surface area contributed by atoms with Crippen molar-refractivity contribution in [3.8, 4) is 0 Å². The Balaban J connectivity index is 2.24. The van der Waals surface area contributed by atoms with Gasteiger partial charge < -0.3 is 14.6 Å². The number of hydrogen-bond donors (Lipinski definition) is 1. The average molecular weight is 622 g/mol. The number of nitrogens with zero attached hydrogens (tertiary/aromatic N) is 1. The van der Waals surface area contributed by atoms with Crippen LogP contribution in [-0.2, 0) is 29.6 Å². The molecule has 2 aliphatic heterocycles. The minimum atomic E-state index is -2.37. The molecule has 2 saturated heterocycles. The Morgan fingerprint density at radius 3 is 1.97 bits per heavy atom. The highest BCUT2D eigenvalue weighted by Crippen LogP contribution is 2.40. The van der Waals surface area contributed by atoms with E-state index in [1.807, 2.05) is 0 Å². The maximum atomic E-state index is 14.0. The fourth-order valence-electron chi connectivity index (χ4n) is 5.66. The second-order valence-corrected chi connectivity index (χ2v) is 17.2. The first-order chi connectivity index (χ1) is 17.8. The van der Waals surface area contributed by atoms with Gasteiger partial charge in [-0.15, -0.1) is 0 Å². The Kier molecular flexibility index (Phi) is 14.4. The van der Waals surface area contributed by atoms with Crippen molar-refractivity contribution in [2.24, 2.45) is 5.41 Å². The van der Waals surface area contributed by atoms with Gasteiger partial charge in [0.1, 0.15) is 16.8 Å². The Labute approximate surface area is 236 Å². The van der Waals surface area contributed by atoms with E-state index in [9.17, 15) is 18.6 Å². The number of β-lactam (4-membered cyclic amide) rings is 1. The molecule has 0 radical (unpaired) electrons. The van der Waals surface area contributed by atoms with Crippen molar-refractivity contribution < 1.29 is 23.0 Å². The van der Waals surface area contributed by atoms with Gasteiger partial charge in [-0.2, -0.15) is 0 Å². The number of carbonyl (C=O) groups excluding carboxylic acids is 3. The van der Waals surface area contributed by atoms with Crippen LogP contribution in [0.4, 0.5) is 0 Å². The summed E-state index contributed by atoms with van der Waals surface area (Å²) in [6, 6.07) is 2.23. The number of carbonyl (C=O) groups is 3. The maximum absolute atomic E-state index is 14.0. The Morgan fingerprint density at radius 1 is 1.03 bits per heavy atom. The molecule has 2 heterocycles. The van der Waals surface area contributed by atoms with Gasteiger partial charge in [0.05, 0.1) is 0 Å². The molecule has 0 aromatic heterocycles. The zero-order valence-electron chi connectivity index (χ0n) is 23.2. The first-order valence-electron chi connectivity index (χ1n) is 14.5. The molecule has 1 N–H and O–H groups in total. The molecular weight excluding hydrogens is 572 g/mol. The lowest BCUT2D eigenvalue weighted by Gasteiger charge is -2.53. The number of halogens is 1. The lowest BCUT2D eigenvalue weighted by molar-refractivity contribution is -0.156. The van der Waals surface area contributed by atoms with Gasteiger partial charge in [-0.05, 0) is 18.1 Å². The predicted molar refractivity (Wildman–Crippen MR) is 156 cm³/mol. The molecule has 7 nitrogen and oxygen atoms in total. The van der Waals surface area contributed by atoms with Gasteiger partial charge in [0.2, 0.25) is 12.3 Å². The molecule has 2 amide bonds. The van der Waals surface area contributed by atoms with Crippen LogP contribution < -0.4 is 5.32 Å². The van der Waals surface area contributed by atoms with E-state index in [1.165, 1.54) is 43.4 Å². The van der Waals surface area contributed by atoms with Crippen LogP contribution in [0.3, 0.4) is 0 Å². The number of amides is 2. The number of rotatable bonds is 20. The minimum Gasteiger partial charge on any atom is -0.519 e. The third-order valence-corrected chi connectivity index (χ3v) is 15.4. The van der Waals surface area contributed by atoms with E-state index in [0.29, 0.717) is 11.7 Å². The van der Waals surface area contributed by atoms with Gasteiger partial charge >= 0.3 is 5.97 Å². The number of fused-ring (bicyclic) bond motifs is 1. The quantitative estimate of drug-likeness (QED) is 0.0625. The predicted octanol–water partition coefficient (Wildman–Crippen LogP) is 5.64. The van der Waals surface area contributed by atoms with Crippen molar-refractivity contribution >= 4 is 53.3 Å². The van der Waals surface area contributed by atoms with Crippen LogP contribution in [0.1, 0.15) is 97.8 Å². The van der Waals surface area contributed by atoms with Gasteiger partial charge in [0, 0.05) is 28.4 Å². The fraction of sp³-hybridized carbons (Fsp3) is 0.889. The van der Waals surface area contributed by atoms with Gasteiger partial charge in [-0.1, -0.05) is 114 Å². The monoisotopic (exact) mass is 620 g/mol.